The summed E-state index contributed by atoms with van der Waals surface area (Å²) >= 11 is 0. The van der Waals surface area contributed by atoms with Crippen LogP contribution in [0.25, 0.3) is 11.1 Å². The molecule has 104 valence electrons. The highest BCUT2D eigenvalue weighted by Crippen LogP contribution is 2.28. The van der Waals surface area contributed by atoms with Gasteiger partial charge in [0.05, 0.1) is 5.92 Å². The van der Waals surface area contributed by atoms with Crippen molar-refractivity contribution in [2.75, 3.05) is 5.32 Å². The summed E-state index contributed by atoms with van der Waals surface area (Å²) in [6.45, 7) is 3.60. The van der Waals surface area contributed by atoms with E-state index in [-0.39, 0.29) is 6.04 Å². The maximum Gasteiger partial charge on any atom is 0.308 e. The second-order valence-corrected chi connectivity index (χ2v) is 4.97. The number of para-hydroxylation sites is 1. The standard InChI is InChI=1S/C17H19NO2/c1-12(17(19)20)13(2)18-16-11-7-6-10-15(16)14-8-4-3-5-9-14/h3-13,18H,1-2H3,(H,19,20). The van der Waals surface area contributed by atoms with E-state index in [9.17, 15) is 4.79 Å². The maximum atomic E-state index is 11.0. The molecule has 2 aromatic rings. The molecule has 3 nitrogen and oxygen atoms in total. The smallest absolute Gasteiger partial charge is 0.308 e. The Kier molecular flexibility index (Phi) is 4.41. The molecule has 0 aliphatic rings. The van der Waals surface area contributed by atoms with Gasteiger partial charge in [-0.25, -0.2) is 0 Å². The first kappa shape index (κ1) is 14.1. The van der Waals surface area contributed by atoms with Crippen molar-refractivity contribution < 1.29 is 9.90 Å². The molecule has 2 atom stereocenters. The topological polar surface area (TPSA) is 49.3 Å². The maximum absolute atomic E-state index is 11.0. The second kappa shape index (κ2) is 6.24. The number of hydrogen-bond acceptors (Lipinski definition) is 2. The van der Waals surface area contributed by atoms with Crippen LogP contribution in [0.3, 0.4) is 0 Å². The largest absolute Gasteiger partial charge is 0.481 e. The lowest BCUT2D eigenvalue weighted by molar-refractivity contribution is -0.141. The Bertz CT molecular complexity index is 581. The van der Waals surface area contributed by atoms with Crippen molar-refractivity contribution in [3.63, 3.8) is 0 Å². The van der Waals surface area contributed by atoms with Crippen LogP contribution in [0.1, 0.15) is 13.8 Å². The molecule has 0 amide bonds. The molecule has 2 N–H and O–H groups in total. The molecule has 0 saturated heterocycles. The minimum atomic E-state index is -0.790. The fourth-order valence-corrected chi connectivity index (χ4v) is 2.06. The Morgan fingerprint density at radius 1 is 1.00 bits per heavy atom. The van der Waals surface area contributed by atoms with E-state index in [1.165, 1.54) is 0 Å². The first-order valence-electron chi connectivity index (χ1n) is 6.73. The second-order valence-electron chi connectivity index (χ2n) is 4.97. The Morgan fingerprint density at radius 3 is 2.25 bits per heavy atom. The van der Waals surface area contributed by atoms with Gasteiger partial charge in [0.15, 0.2) is 0 Å². The molecular formula is C17H19NO2. The quantitative estimate of drug-likeness (QED) is 0.866. The Balaban J connectivity index is 2.27. The molecule has 0 aliphatic carbocycles. The van der Waals surface area contributed by atoms with E-state index in [0.717, 1.165) is 16.8 Å². The Labute approximate surface area is 119 Å². The molecule has 0 spiro atoms. The van der Waals surface area contributed by atoms with Gasteiger partial charge in [-0.1, -0.05) is 48.5 Å². The molecule has 2 rings (SSSR count). The molecule has 0 radical (unpaired) electrons. The van der Waals surface area contributed by atoms with Crippen molar-refractivity contribution >= 4 is 11.7 Å². The number of rotatable bonds is 5. The van der Waals surface area contributed by atoms with E-state index in [1.807, 2.05) is 61.5 Å². The molecule has 2 aromatic carbocycles. The zero-order valence-electron chi connectivity index (χ0n) is 11.7. The van der Waals surface area contributed by atoms with Gasteiger partial charge < -0.3 is 10.4 Å². The molecular weight excluding hydrogens is 250 g/mol. The van der Waals surface area contributed by atoms with Gasteiger partial charge in [0, 0.05) is 17.3 Å². The summed E-state index contributed by atoms with van der Waals surface area (Å²) in [7, 11) is 0. The van der Waals surface area contributed by atoms with Crippen LogP contribution in [0.2, 0.25) is 0 Å². The van der Waals surface area contributed by atoms with E-state index in [4.69, 9.17) is 5.11 Å². The monoisotopic (exact) mass is 269 g/mol. The van der Waals surface area contributed by atoms with Gasteiger partial charge in [-0.3, -0.25) is 4.79 Å². The summed E-state index contributed by atoms with van der Waals surface area (Å²) in [4.78, 5) is 11.0. The molecule has 20 heavy (non-hydrogen) atoms. The lowest BCUT2D eigenvalue weighted by Crippen LogP contribution is -2.29. The highest BCUT2D eigenvalue weighted by molar-refractivity contribution is 5.78. The van der Waals surface area contributed by atoms with Crippen molar-refractivity contribution in [2.24, 2.45) is 5.92 Å². The number of anilines is 1. The Hall–Kier alpha value is -2.29. The number of hydrogen-bond donors (Lipinski definition) is 2. The number of carbonyl (C=O) groups is 1. The third-order valence-electron chi connectivity index (χ3n) is 3.53. The molecule has 0 saturated carbocycles. The average Bonchev–Trinajstić information content (AvgIpc) is 2.47. The summed E-state index contributed by atoms with van der Waals surface area (Å²) in [6, 6.07) is 17.9. The van der Waals surface area contributed by atoms with E-state index < -0.39 is 11.9 Å². The van der Waals surface area contributed by atoms with Crippen molar-refractivity contribution in [3.8, 4) is 11.1 Å². The van der Waals surface area contributed by atoms with E-state index in [0.29, 0.717) is 0 Å². The van der Waals surface area contributed by atoms with Crippen LogP contribution in [0.15, 0.2) is 54.6 Å². The lowest BCUT2D eigenvalue weighted by atomic mass is 10.0. The van der Waals surface area contributed by atoms with Gasteiger partial charge in [-0.2, -0.15) is 0 Å². The zero-order chi connectivity index (χ0) is 14.5. The predicted molar refractivity (Wildman–Crippen MR) is 81.8 cm³/mol. The van der Waals surface area contributed by atoms with Crippen LogP contribution in [-0.4, -0.2) is 17.1 Å². The van der Waals surface area contributed by atoms with Crippen LogP contribution in [0.5, 0.6) is 0 Å². The fraction of sp³-hybridized carbons (Fsp3) is 0.235. The normalized spacial score (nSPS) is 13.5. The minimum absolute atomic E-state index is 0.141. The summed E-state index contributed by atoms with van der Waals surface area (Å²) in [5.41, 5.74) is 3.16. The van der Waals surface area contributed by atoms with Crippen molar-refractivity contribution in [1.29, 1.82) is 0 Å². The van der Waals surface area contributed by atoms with Gasteiger partial charge in [-0.05, 0) is 25.5 Å². The number of carboxylic acids is 1. The molecule has 0 heterocycles. The highest BCUT2D eigenvalue weighted by Gasteiger charge is 2.19. The SMILES string of the molecule is CC(Nc1ccccc1-c1ccccc1)C(C)C(=O)O. The third kappa shape index (κ3) is 3.18. The number of carboxylic acid groups (broad SMARTS) is 1. The van der Waals surface area contributed by atoms with Crippen molar-refractivity contribution in [1.82, 2.24) is 0 Å². The zero-order valence-corrected chi connectivity index (χ0v) is 11.7. The number of nitrogens with one attached hydrogen (secondary N) is 1. The van der Waals surface area contributed by atoms with E-state index >= 15 is 0 Å². The number of aliphatic carboxylic acids is 1. The first-order valence-corrected chi connectivity index (χ1v) is 6.73. The van der Waals surface area contributed by atoms with Crippen molar-refractivity contribution in [3.05, 3.63) is 54.6 Å². The summed E-state index contributed by atoms with van der Waals surface area (Å²) in [6.07, 6.45) is 0. The van der Waals surface area contributed by atoms with E-state index in [2.05, 4.69) is 5.32 Å². The van der Waals surface area contributed by atoms with Crippen LogP contribution in [0, 0.1) is 5.92 Å². The minimum Gasteiger partial charge on any atom is -0.481 e. The van der Waals surface area contributed by atoms with Gasteiger partial charge in [0.25, 0.3) is 0 Å². The fourth-order valence-electron chi connectivity index (χ4n) is 2.06. The van der Waals surface area contributed by atoms with Crippen LogP contribution >= 0.6 is 0 Å². The van der Waals surface area contributed by atoms with Crippen molar-refractivity contribution in [2.45, 2.75) is 19.9 Å². The van der Waals surface area contributed by atoms with E-state index in [1.54, 1.807) is 6.92 Å². The van der Waals surface area contributed by atoms with Crippen LogP contribution < -0.4 is 5.32 Å². The van der Waals surface area contributed by atoms with Gasteiger partial charge >= 0.3 is 5.97 Å². The number of benzene rings is 2. The molecule has 0 aliphatic heterocycles. The van der Waals surface area contributed by atoms with Gasteiger partial charge in [-0.15, -0.1) is 0 Å². The summed E-state index contributed by atoms with van der Waals surface area (Å²) in [5, 5.41) is 12.4. The predicted octanol–water partition coefficient (Wildman–Crippen LogP) is 3.87. The lowest BCUT2D eigenvalue weighted by Gasteiger charge is -2.21. The summed E-state index contributed by atoms with van der Waals surface area (Å²) in [5.74, 6) is -1.24. The molecule has 2 unspecified atom stereocenters. The Morgan fingerprint density at radius 2 is 1.60 bits per heavy atom. The molecule has 0 fully saturated rings. The average molecular weight is 269 g/mol. The van der Waals surface area contributed by atoms with Gasteiger partial charge in [0.1, 0.15) is 0 Å². The molecule has 0 bridgehead atoms. The van der Waals surface area contributed by atoms with Crippen LogP contribution in [0.4, 0.5) is 5.69 Å². The molecule has 0 aromatic heterocycles. The van der Waals surface area contributed by atoms with Gasteiger partial charge in [0.2, 0.25) is 0 Å². The van der Waals surface area contributed by atoms with Crippen LogP contribution in [-0.2, 0) is 4.79 Å². The first-order chi connectivity index (χ1) is 9.59. The third-order valence-corrected chi connectivity index (χ3v) is 3.53. The molecule has 3 heteroatoms. The summed E-state index contributed by atoms with van der Waals surface area (Å²) < 4.78 is 0. The highest BCUT2D eigenvalue weighted by atomic mass is 16.4.